The molecule has 1 aliphatic rings. The number of nitrogens with zero attached hydrogens (tertiary/aromatic N) is 3. The highest BCUT2D eigenvalue weighted by Gasteiger charge is 2.27. The van der Waals surface area contributed by atoms with Crippen LogP contribution in [0.5, 0.6) is 0 Å². The van der Waals surface area contributed by atoms with Gasteiger partial charge in [-0.25, -0.2) is 4.98 Å². The van der Waals surface area contributed by atoms with Gasteiger partial charge in [-0.15, -0.1) is 0 Å². The van der Waals surface area contributed by atoms with Gasteiger partial charge in [0.2, 0.25) is 5.13 Å². The number of carbonyl (C=O) groups is 1. The molecule has 0 spiro atoms. The molecule has 0 amide bonds. The molecule has 1 N–H and O–H groups in total. The predicted molar refractivity (Wildman–Crippen MR) is 74.6 cm³/mol. The van der Waals surface area contributed by atoms with Gasteiger partial charge in [-0.05, 0) is 6.42 Å². The summed E-state index contributed by atoms with van der Waals surface area (Å²) in [7, 11) is 0. The third-order valence-electron chi connectivity index (χ3n) is 2.81. The van der Waals surface area contributed by atoms with E-state index in [2.05, 4.69) is 21.2 Å². The first kappa shape index (κ1) is 13.6. The molecule has 1 saturated heterocycles. The zero-order valence-corrected chi connectivity index (χ0v) is 12.0. The summed E-state index contributed by atoms with van der Waals surface area (Å²) in [5.74, 6) is 2.02. The molecular formula is C11H17N3O2S2. The van der Waals surface area contributed by atoms with Crippen LogP contribution in [-0.4, -0.2) is 44.5 Å². The first-order valence-corrected chi connectivity index (χ1v) is 8.02. The third-order valence-corrected chi connectivity index (χ3v) is 4.70. The molecule has 2 rings (SSSR count). The van der Waals surface area contributed by atoms with Gasteiger partial charge in [-0.2, -0.15) is 16.1 Å². The summed E-state index contributed by atoms with van der Waals surface area (Å²) in [6, 6.07) is 0.0451. The van der Waals surface area contributed by atoms with Crippen molar-refractivity contribution in [2.45, 2.75) is 32.2 Å². The zero-order chi connectivity index (χ0) is 13.0. The highest BCUT2D eigenvalue weighted by atomic mass is 32.2. The standard InChI is InChI=1S/C11H17N3O2S2/c1-2-3-9-12-11(18-13-9)14-4-5-17-7-8(14)6-10(15)16/h8H,2-7H2,1H3,(H,15,16). The molecule has 2 heterocycles. The van der Waals surface area contributed by atoms with Gasteiger partial charge in [0.15, 0.2) is 0 Å². The Morgan fingerprint density at radius 3 is 3.17 bits per heavy atom. The van der Waals surface area contributed by atoms with E-state index in [-0.39, 0.29) is 12.5 Å². The summed E-state index contributed by atoms with van der Waals surface area (Å²) >= 11 is 3.20. The van der Waals surface area contributed by atoms with Crippen LogP contribution in [0.25, 0.3) is 0 Å². The SMILES string of the molecule is CCCc1nsc(N2CCSCC2CC(=O)O)n1. The monoisotopic (exact) mass is 287 g/mol. The summed E-state index contributed by atoms with van der Waals surface area (Å²) < 4.78 is 4.33. The molecule has 7 heteroatoms. The molecule has 1 unspecified atom stereocenters. The second-order valence-electron chi connectivity index (χ2n) is 4.26. The number of anilines is 1. The van der Waals surface area contributed by atoms with Crippen molar-refractivity contribution in [1.29, 1.82) is 0 Å². The molecule has 1 aromatic heterocycles. The maximum Gasteiger partial charge on any atom is 0.305 e. The maximum atomic E-state index is 10.9. The lowest BCUT2D eigenvalue weighted by molar-refractivity contribution is -0.137. The fraction of sp³-hybridized carbons (Fsp3) is 0.727. The van der Waals surface area contributed by atoms with E-state index in [1.54, 1.807) is 0 Å². The van der Waals surface area contributed by atoms with E-state index in [0.717, 1.165) is 41.8 Å². The molecule has 1 atom stereocenters. The Bertz CT molecular complexity index is 411. The van der Waals surface area contributed by atoms with Gasteiger partial charge in [0.05, 0.1) is 12.5 Å². The fourth-order valence-corrected chi connectivity index (χ4v) is 3.84. The second-order valence-corrected chi connectivity index (χ2v) is 6.14. The van der Waals surface area contributed by atoms with Gasteiger partial charge in [-0.1, -0.05) is 6.92 Å². The summed E-state index contributed by atoms with van der Waals surface area (Å²) in [5.41, 5.74) is 0. The number of hydrogen-bond acceptors (Lipinski definition) is 6. The van der Waals surface area contributed by atoms with Gasteiger partial charge in [0, 0.05) is 36.0 Å². The van der Waals surface area contributed by atoms with Crippen LogP contribution in [0.3, 0.4) is 0 Å². The lowest BCUT2D eigenvalue weighted by Crippen LogP contribution is -2.43. The van der Waals surface area contributed by atoms with Crippen LogP contribution in [0.4, 0.5) is 5.13 Å². The summed E-state index contributed by atoms with van der Waals surface area (Å²) in [6.07, 6.45) is 2.10. The van der Waals surface area contributed by atoms with Crippen molar-refractivity contribution >= 4 is 34.4 Å². The lowest BCUT2D eigenvalue weighted by atomic mass is 10.2. The first-order chi connectivity index (χ1) is 8.70. The first-order valence-electron chi connectivity index (χ1n) is 6.09. The number of aryl methyl sites for hydroxylation is 1. The maximum absolute atomic E-state index is 10.9. The Morgan fingerprint density at radius 2 is 2.44 bits per heavy atom. The number of carboxylic acid groups (broad SMARTS) is 1. The number of carboxylic acids is 1. The van der Waals surface area contributed by atoms with E-state index >= 15 is 0 Å². The Balaban J connectivity index is 2.09. The molecule has 1 fully saturated rings. The fourth-order valence-electron chi connectivity index (χ4n) is 1.96. The normalized spacial score (nSPS) is 20.1. The minimum atomic E-state index is -0.745. The smallest absolute Gasteiger partial charge is 0.305 e. The van der Waals surface area contributed by atoms with E-state index < -0.39 is 5.97 Å². The molecule has 0 aromatic carbocycles. The summed E-state index contributed by atoms with van der Waals surface area (Å²) in [5, 5.41) is 9.83. The van der Waals surface area contributed by atoms with Crippen LogP contribution >= 0.6 is 23.3 Å². The minimum absolute atomic E-state index is 0.0451. The van der Waals surface area contributed by atoms with Crippen LogP contribution in [0.2, 0.25) is 0 Å². The van der Waals surface area contributed by atoms with E-state index in [9.17, 15) is 4.79 Å². The number of rotatable bonds is 5. The zero-order valence-electron chi connectivity index (χ0n) is 10.3. The molecule has 1 aromatic rings. The van der Waals surface area contributed by atoms with Gasteiger partial charge < -0.3 is 10.0 Å². The van der Waals surface area contributed by atoms with Crippen LogP contribution < -0.4 is 4.90 Å². The Labute approximate surface area is 115 Å². The molecule has 0 aliphatic carbocycles. The van der Waals surface area contributed by atoms with Gasteiger partial charge >= 0.3 is 5.97 Å². The van der Waals surface area contributed by atoms with Gasteiger partial charge in [-0.3, -0.25) is 4.79 Å². The number of aromatic nitrogens is 2. The van der Waals surface area contributed by atoms with E-state index in [0.29, 0.717) is 0 Å². The van der Waals surface area contributed by atoms with Gasteiger partial charge in [0.25, 0.3) is 0 Å². The highest BCUT2D eigenvalue weighted by molar-refractivity contribution is 7.99. The molecule has 0 radical (unpaired) electrons. The average Bonchev–Trinajstić information content (AvgIpc) is 2.78. The summed E-state index contributed by atoms with van der Waals surface area (Å²) in [4.78, 5) is 17.5. The molecule has 18 heavy (non-hydrogen) atoms. The van der Waals surface area contributed by atoms with Crippen molar-refractivity contribution < 1.29 is 9.90 Å². The third kappa shape index (κ3) is 3.35. The minimum Gasteiger partial charge on any atom is -0.481 e. The van der Waals surface area contributed by atoms with Crippen LogP contribution in [0.15, 0.2) is 0 Å². The molecule has 5 nitrogen and oxygen atoms in total. The van der Waals surface area contributed by atoms with Crippen LogP contribution in [-0.2, 0) is 11.2 Å². The summed E-state index contributed by atoms with van der Waals surface area (Å²) in [6.45, 7) is 2.97. The Morgan fingerprint density at radius 1 is 1.61 bits per heavy atom. The van der Waals surface area contributed by atoms with Crippen LogP contribution in [0.1, 0.15) is 25.6 Å². The molecule has 1 aliphatic heterocycles. The van der Waals surface area contributed by atoms with E-state index in [4.69, 9.17) is 5.11 Å². The molecular weight excluding hydrogens is 270 g/mol. The lowest BCUT2D eigenvalue weighted by Gasteiger charge is -2.33. The molecule has 100 valence electrons. The quantitative estimate of drug-likeness (QED) is 0.892. The van der Waals surface area contributed by atoms with E-state index in [1.165, 1.54) is 11.5 Å². The van der Waals surface area contributed by atoms with Crippen molar-refractivity contribution in [1.82, 2.24) is 9.36 Å². The van der Waals surface area contributed by atoms with Crippen molar-refractivity contribution in [3.8, 4) is 0 Å². The predicted octanol–water partition coefficient (Wildman–Crippen LogP) is 1.89. The van der Waals surface area contributed by atoms with Crippen molar-refractivity contribution in [3.05, 3.63) is 5.82 Å². The molecule has 0 saturated carbocycles. The number of thioether (sulfide) groups is 1. The van der Waals surface area contributed by atoms with Gasteiger partial charge in [0.1, 0.15) is 5.82 Å². The van der Waals surface area contributed by atoms with Crippen molar-refractivity contribution in [2.75, 3.05) is 23.0 Å². The number of aliphatic carboxylic acids is 1. The number of hydrogen-bond donors (Lipinski definition) is 1. The van der Waals surface area contributed by atoms with Crippen LogP contribution in [0, 0.1) is 0 Å². The Hall–Kier alpha value is -0.820. The van der Waals surface area contributed by atoms with Crippen molar-refractivity contribution in [2.24, 2.45) is 0 Å². The van der Waals surface area contributed by atoms with E-state index in [1.807, 2.05) is 11.8 Å². The topological polar surface area (TPSA) is 66.3 Å². The average molecular weight is 287 g/mol. The largest absolute Gasteiger partial charge is 0.481 e. The Kier molecular flexibility index (Phi) is 4.82. The molecule has 0 bridgehead atoms. The second kappa shape index (κ2) is 6.38. The van der Waals surface area contributed by atoms with Crippen molar-refractivity contribution in [3.63, 3.8) is 0 Å². The highest BCUT2D eigenvalue weighted by Crippen LogP contribution is 2.27.